The molecular weight excluding hydrogens is 282 g/mol. The lowest BCUT2D eigenvalue weighted by atomic mass is 10.1. The van der Waals surface area contributed by atoms with E-state index in [4.69, 9.17) is 14.0 Å². The summed E-state index contributed by atoms with van der Waals surface area (Å²) in [6.07, 6.45) is 0.930. The summed E-state index contributed by atoms with van der Waals surface area (Å²) >= 11 is 0. The Labute approximate surface area is 127 Å². The number of hydrogen-bond acceptors (Lipinski definition) is 6. The molecule has 0 bridgehead atoms. The Morgan fingerprint density at radius 3 is 2.95 bits per heavy atom. The van der Waals surface area contributed by atoms with E-state index in [9.17, 15) is 0 Å². The van der Waals surface area contributed by atoms with E-state index in [0.29, 0.717) is 24.2 Å². The van der Waals surface area contributed by atoms with Crippen LogP contribution >= 0.6 is 0 Å². The highest BCUT2D eigenvalue weighted by molar-refractivity contribution is 5.92. The number of fused-ring (bicyclic) bond motifs is 1. The van der Waals surface area contributed by atoms with Crippen molar-refractivity contribution in [3.8, 4) is 17.3 Å². The Bertz CT molecular complexity index is 809. The summed E-state index contributed by atoms with van der Waals surface area (Å²) in [5, 5.41) is 5.07. The van der Waals surface area contributed by atoms with Crippen LogP contribution in [0.1, 0.15) is 18.2 Å². The van der Waals surface area contributed by atoms with E-state index < -0.39 is 0 Å². The van der Waals surface area contributed by atoms with Gasteiger partial charge in [-0.2, -0.15) is 4.98 Å². The van der Waals surface area contributed by atoms with Crippen molar-refractivity contribution >= 4 is 10.9 Å². The molecule has 0 spiro atoms. The summed E-state index contributed by atoms with van der Waals surface area (Å²) in [6, 6.07) is 9.64. The van der Waals surface area contributed by atoms with E-state index in [0.717, 1.165) is 29.5 Å². The second kappa shape index (κ2) is 5.38. The Balaban J connectivity index is 1.82. The molecule has 1 fully saturated rings. The number of rotatable bonds is 3. The quantitative estimate of drug-likeness (QED) is 0.740. The number of hydrogen-bond donors (Lipinski definition) is 0. The van der Waals surface area contributed by atoms with Gasteiger partial charge < -0.3 is 14.0 Å². The maximum atomic E-state index is 5.47. The fourth-order valence-corrected chi connectivity index (χ4v) is 2.68. The molecule has 1 aromatic carbocycles. The van der Waals surface area contributed by atoms with Crippen LogP contribution in [0.4, 0.5) is 0 Å². The van der Waals surface area contributed by atoms with Crippen LogP contribution in [-0.2, 0) is 4.74 Å². The molecule has 3 heterocycles. The predicted molar refractivity (Wildman–Crippen MR) is 79.8 cm³/mol. The number of benzene rings is 1. The van der Waals surface area contributed by atoms with Crippen LogP contribution < -0.4 is 4.74 Å². The fourth-order valence-electron chi connectivity index (χ4n) is 2.68. The minimum atomic E-state index is 0.215. The molecule has 22 heavy (non-hydrogen) atoms. The molecule has 6 nitrogen and oxygen atoms in total. The summed E-state index contributed by atoms with van der Waals surface area (Å²) in [4.78, 5) is 8.98. The third-order valence-corrected chi connectivity index (χ3v) is 3.87. The van der Waals surface area contributed by atoms with E-state index >= 15 is 0 Å². The Hall–Kier alpha value is -2.47. The lowest BCUT2D eigenvalue weighted by Gasteiger charge is -2.05. The molecule has 1 aliphatic heterocycles. The van der Waals surface area contributed by atoms with Crippen LogP contribution in [0.5, 0.6) is 5.88 Å². The SMILES string of the molecule is COc1cc(-c2nc([C@H]3CCOC3)no2)c2ccccc2n1. The van der Waals surface area contributed by atoms with Crippen molar-refractivity contribution in [3.05, 3.63) is 36.2 Å². The molecule has 1 saturated heterocycles. The van der Waals surface area contributed by atoms with Crippen LogP contribution in [0.25, 0.3) is 22.4 Å². The third-order valence-electron chi connectivity index (χ3n) is 3.87. The van der Waals surface area contributed by atoms with E-state index in [2.05, 4.69) is 15.1 Å². The molecule has 0 N–H and O–H groups in total. The highest BCUT2D eigenvalue weighted by atomic mass is 16.5. The summed E-state index contributed by atoms with van der Waals surface area (Å²) < 4.78 is 16.1. The largest absolute Gasteiger partial charge is 0.481 e. The Morgan fingerprint density at radius 1 is 1.23 bits per heavy atom. The van der Waals surface area contributed by atoms with E-state index in [1.54, 1.807) is 7.11 Å². The molecule has 0 aliphatic carbocycles. The van der Waals surface area contributed by atoms with E-state index in [-0.39, 0.29) is 5.92 Å². The molecule has 6 heteroatoms. The number of ether oxygens (including phenoxy) is 2. The minimum absolute atomic E-state index is 0.215. The number of pyridine rings is 1. The van der Waals surface area contributed by atoms with Crippen molar-refractivity contribution in [3.63, 3.8) is 0 Å². The second-order valence-corrected chi connectivity index (χ2v) is 5.25. The van der Waals surface area contributed by atoms with Crippen molar-refractivity contribution in [1.29, 1.82) is 0 Å². The number of methoxy groups -OCH3 is 1. The van der Waals surface area contributed by atoms with Gasteiger partial charge in [0.25, 0.3) is 5.89 Å². The van der Waals surface area contributed by atoms with Gasteiger partial charge in [-0.05, 0) is 12.5 Å². The van der Waals surface area contributed by atoms with Crippen LogP contribution in [0.2, 0.25) is 0 Å². The molecule has 0 unspecified atom stereocenters. The fraction of sp³-hybridized carbons (Fsp3) is 0.312. The van der Waals surface area contributed by atoms with E-state index in [1.165, 1.54) is 0 Å². The van der Waals surface area contributed by atoms with Gasteiger partial charge in [0, 0.05) is 24.0 Å². The van der Waals surface area contributed by atoms with Gasteiger partial charge in [-0.3, -0.25) is 0 Å². The van der Waals surface area contributed by atoms with Gasteiger partial charge in [0.15, 0.2) is 5.82 Å². The summed E-state index contributed by atoms with van der Waals surface area (Å²) in [5.41, 5.74) is 1.67. The topological polar surface area (TPSA) is 70.3 Å². The zero-order valence-corrected chi connectivity index (χ0v) is 12.2. The smallest absolute Gasteiger partial charge is 0.258 e. The zero-order chi connectivity index (χ0) is 14.9. The van der Waals surface area contributed by atoms with Crippen molar-refractivity contribution in [1.82, 2.24) is 15.1 Å². The maximum Gasteiger partial charge on any atom is 0.258 e. The lowest BCUT2D eigenvalue weighted by molar-refractivity contribution is 0.192. The Morgan fingerprint density at radius 2 is 2.14 bits per heavy atom. The minimum Gasteiger partial charge on any atom is -0.481 e. The molecule has 4 rings (SSSR count). The maximum absolute atomic E-state index is 5.47. The van der Waals surface area contributed by atoms with Crippen LogP contribution in [-0.4, -0.2) is 35.4 Å². The molecule has 0 saturated carbocycles. The molecule has 0 radical (unpaired) electrons. The highest BCUT2D eigenvalue weighted by Gasteiger charge is 2.24. The first-order chi connectivity index (χ1) is 10.8. The average molecular weight is 297 g/mol. The molecule has 2 aromatic heterocycles. The van der Waals surface area contributed by atoms with Crippen molar-refractivity contribution in [2.45, 2.75) is 12.3 Å². The monoisotopic (exact) mass is 297 g/mol. The number of aromatic nitrogens is 3. The van der Waals surface area contributed by atoms with Crippen LogP contribution in [0.15, 0.2) is 34.9 Å². The van der Waals surface area contributed by atoms with Gasteiger partial charge in [0.05, 0.1) is 24.8 Å². The van der Waals surface area contributed by atoms with Gasteiger partial charge in [-0.25, -0.2) is 4.98 Å². The van der Waals surface area contributed by atoms with Gasteiger partial charge in [0.2, 0.25) is 5.88 Å². The normalized spacial score (nSPS) is 18.0. The molecule has 0 amide bonds. The van der Waals surface area contributed by atoms with Gasteiger partial charge in [-0.15, -0.1) is 0 Å². The predicted octanol–water partition coefficient (Wildman–Crippen LogP) is 2.80. The van der Waals surface area contributed by atoms with Crippen molar-refractivity contribution < 1.29 is 14.0 Å². The van der Waals surface area contributed by atoms with Crippen molar-refractivity contribution in [2.75, 3.05) is 20.3 Å². The molecule has 112 valence electrons. The number of para-hydroxylation sites is 1. The standard InChI is InChI=1S/C16H15N3O3/c1-20-14-8-12(11-4-2-3-5-13(11)17-14)16-18-15(19-22-16)10-6-7-21-9-10/h2-5,8,10H,6-7,9H2,1H3/t10-/m0/s1. The van der Waals surface area contributed by atoms with Gasteiger partial charge in [0.1, 0.15) is 0 Å². The first-order valence-corrected chi connectivity index (χ1v) is 7.20. The molecular formula is C16H15N3O3. The number of nitrogens with zero attached hydrogens (tertiary/aromatic N) is 3. The Kier molecular flexibility index (Phi) is 3.23. The van der Waals surface area contributed by atoms with Crippen LogP contribution in [0, 0.1) is 0 Å². The molecule has 1 atom stereocenters. The molecule has 1 aliphatic rings. The van der Waals surface area contributed by atoms with Crippen molar-refractivity contribution in [2.24, 2.45) is 0 Å². The average Bonchev–Trinajstić information content (AvgIpc) is 3.24. The van der Waals surface area contributed by atoms with E-state index in [1.807, 2.05) is 30.3 Å². The second-order valence-electron chi connectivity index (χ2n) is 5.25. The van der Waals surface area contributed by atoms with Gasteiger partial charge >= 0.3 is 0 Å². The van der Waals surface area contributed by atoms with Crippen LogP contribution in [0.3, 0.4) is 0 Å². The third kappa shape index (κ3) is 2.21. The summed E-state index contributed by atoms with van der Waals surface area (Å²) in [7, 11) is 1.59. The lowest BCUT2D eigenvalue weighted by Crippen LogP contribution is -1.99. The first-order valence-electron chi connectivity index (χ1n) is 7.20. The summed E-state index contributed by atoms with van der Waals surface area (Å²) in [6.45, 7) is 1.40. The summed E-state index contributed by atoms with van der Waals surface area (Å²) in [5.74, 6) is 1.93. The highest BCUT2D eigenvalue weighted by Crippen LogP contribution is 2.31. The first kappa shape index (κ1) is 13.2. The van der Waals surface area contributed by atoms with Gasteiger partial charge in [-0.1, -0.05) is 23.4 Å². The zero-order valence-electron chi connectivity index (χ0n) is 12.2. The molecule has 3 aromatic rings.